The van der Waals surface area contributed by atoms with Gasteiger partial charge >= 0.3 is 6.18 Å². The van der Waals surface area contributed by atoms with Crippen LogP contribution in [0.2, 0.25) is 0 Å². The Morgan fingerprint density at radius 2 is 1.62 bits per heavy atom. The van der Waals surface area contributed by atoms with Crippen molar-refractivity contribution in [3.8, 4) is 11.4 Å². The number of nitrogens with zero attached hydrogens (tertiary/aromatic N) is 4. The van der Waals surface area contributed by atoms with Gasteiger partial charge in [0.05, 0.1) is 16.8 Å². The average molecular weight is 466 g/mol. The lowest BCUT2D eigenvalue weighted by atomic mass is 10.1. The van der Waals surface area contributed by atoms with Crippen molar-refractivity contribution in [2.24, 2.45) is 0 Å². The molecule has 4 aromatic rings. The maximum atomic E-state index is 12.9. The maximum absolute atomic E-state index is 12.9. The summed E-state index contributed by atoms with van der Waals surface area (Å²) in [5.41, 5.74) is 0.395. The van der Waals surface area contributed by atoms with E-state index in [1.54, 1.807) is 48.5 Å². The number of nitrogens with one attached hydrogen (secondary N) is 2. The minimum Gasteiger partial charge on any atom is -0.324 e. The van der Waals surface area contributed by atoms with Crippen molar-refractivity contribution >= 4 is 23.2 Å². The van der Waals surface area contributed by atoms with Gasteiger partial charge in [0, 0.05) is 11.3 Å². The molecule has 172 valence electrons. The molecule has 0 aliphatic rings. The minimum absolute atomic E-state index is 0.0541. The zero-order chi connectivity index (χ0) is 24.1. The van der Waals surface area contributed by atoms with Gasteiger partial charge in [0.1, 0.15) is 6.54 Å². The van der Waals surface area contributed by atoms with Crippen LogP contribution in [0.15, 0.2) is 78.9 Å². The number of rotatable bonds is 6. The molecule has 4 rings (SSSR count). The molecular weight excluding hydrogens is 449 g/mol. The average Bonchev–Trinajstić information content (AvgIpc) is 3.28. The quantitative estimate of drug-likeness (QED) is 0.442. The summed E-state index contributed by atoms with van der Waals surface area (Å²) in [5, 5.41) is 16.8. The molecular formula is C23H17F3N6O2. The molecule has 1 heterocycles. The van der Waals surface area contributed by atoms with Gasteiger partial charge in [-0.1, -0.05) is 42.5 Å². The first-order chi connectivity index (χ1) is 16.3. The molecule has 0 aliphatic heterocycles. The fourth-order valence-corrected chi connectivity index (χ4v) is 3.09. The minimum atomic E-state index is -4.51. The number of halogens is 3. The molecule has 0 saturated heterocycles. The molecule has 0 atom stereocenters. The fraction of sp³-hybridized carbons (Fsp3) is 0.0870. The third-order valence-electron chi connectivity index (χ3n) is 4.66. The Morgan fingerprint density at radius 1 is 0.882 bits per heavy atom. The number of para-hydroxylation sites is 2. The SMILES string of the molecule is O=C(Cn1nnc(-c2cccc(C(F)(F)F)c2)n1)Nc1ccccc1C(=O)Nc1ccccc1. The van der Waals surface area contributed by atoms with Gasteiger partial charge in [-0.3, -0.25) is 9.59 Å². The summed E-state index contributed by atoms with van der Waals surface area (Å²) < 4.78 is 38.8. The smallest absolute Gasteiger partial charge is 0.324 e. The lowest BCUT2D eigenvalue weighted by Gasteiger charge is -2.11. The molecule has 0 unspecified atom stereocenters. The summed E-state index contributed by atoms with van der Waals surface area (Å²) in [5.74, 6) is -1.01. The van der Waals surface area contributed by atoms with Gasteiger partial charge in [-0.25, -0.2) is 0 Å². The zero-order valence-corrected chi connectivity index (χ0v) is 17.5. The monoisotopic (exact) mass is 466 g/mol. The van der Waals surface area contributed by atoms with Crippen LogP contribution in [0.3, 0.4) is 0 Å². The molecule has 0 spiro atoms. The second kappa shape index (κ2) is 9.53. The highest BCUT2D eigenvalue weighted by Crippen LogP contribution is 2.31. The Hall–Kier alpha value is -4.54. The first-order valence-electron chi connectivity index (χ1n) is 10.0. The first-order valence-corrected chi connectivity index (χ1v) is 10.0. The molecule has 3 aromatic carbocycles. The Morgan fingerprint density at radius 3 is 2.38 bits per heavy atom. The molecule has 2 N–H and O–H groups in total. The van der Waals surface area contributed by atoms with E-state index in [2.05, 4.69) is 26.0 Å². The van der Waals surface area contributed by atoms with Gasteiger partial charge < -0.3 is 10.6 Å². The van der Waals surface area contributed by atoms with E-state index in [9.17, 15) is 22.8 Å². The number of aromatic nitrogens is 4. The predicted octanol–water partition coefficient (Wildman–Crippen LogP) is 4.25. The van der Waals surface area contributed by atoms with Crippen molar-refractivity contribution in [2.45, 2.75) is 12.7 Å². The second-order valence-corrected chi connectivity index (χ2v) is 7.14. The largest absolute Gasteiger partial charge is 0.416 e. The van der Waals surface area contributed by atoms with Crippen LogP contribution in [0, 0.1) is 0 Å². The number of tetrazole rings is 1. The third kappa shape index (κ3) is 5.44. The van der Waals surface area contributed by atoms with Crippen LogP contribution in [-0.2, 0) is 17.5 Å². The van der Waals surface area contributed by atoms with E-state index < -0.39 is 23.6 Å². The van der Waals surface area contributed by atoms with E-state index >= 15 is 0 Å². The summed E-state index contributed by atoms with van der Waals surface area (Å²) in [7, 11) is 0. The van der Waals surface area contributed by atoms with Gasteiger partial charge in [-0.15, -0.1) is 10.2 Å². The van der Waals surface area contributed by atoms with Gasteiger partial charge in [0.25, 0.3) is 5.91 Å². The molecule has 0 radical (unpaired) electrons. The number of anilines is 2. The van der Waals surface area contributed by atoms with Crippen molar-refractivity contribution in [2.75, 3.05) is 10.6 Å². The van der Waals surface area contributed by atoms with Crippen LogP contribution >= 0.6 is 0 Å². The number of alkyl halides is 3. The molecule has 2 amide bonds. The summed E-state index contributed by atoms with van der Waals surface area (Å²) in [6, 6.07) is 19.8. The summed E-state index contributed by atoms with van der Waals surface area (Å²) in [6.07, 6.45) is -4.51. The number of carbonyl (C=O) groups excluding carboxylic acids is 2. The number of hydrogen-bond donors (Lipinski definition) is 2. The summed E-state index contributed by atoms with van der Waals surface area (Å²) in [6.45, 7) is -0.361. The van der Waals surface area contributed by atoms with Crippen molar-refractivity contribution in [1.29, 1.82) is 0 Å². The van der Waals surface area contributed by atoms with Gasteiger partial charge in [-0.05, 0) is 41.6 Å². The highest BCUT2D eigenvalue weighted by molar-refractivity contribution is 6.10. The van der Waals surface area contributed by atoms with Crippen LogP contribution in [-0.4, -0.2) is 32.0 Å². The maximum Gasteiger partial charge on any atom is 0.416 e. The Balaban J connectivity index is 1.45. The normalized spacial score (nSPS) is 11.1. The van der Waals surface area contributed by atoms with Crippen LogP contribution in [0.5, 0.6) is 0 Å². The Labute approximate surface area is 191 Å². The van der Waals surface area contributed by atoms with Gasteiger partial charge in [0.2, 0.25) is 11.7 Å². The fourth-order valence-electron chi connectivity index (χ4n) is 3.09. The van der Waals surface area contributed by atoms with Gasteiger partial charge in [0.15, 0.2) is 0 Å². The van der Waals surface area contributed by atoms with Crippen LogP contribution < -0.4 is 10.6 Å². The Kier molecular flexibility index (Phi) is 6.35. The van der Waals surface area contributed by atoms with Crippen LogP contribution in [0.1, 0.15) is 15.9 Å². The van der Waals surface area contributed by atoms with Gasteiger partial charge in [-0.2, -0.15) is 18.0 Å². The van der Waals surface area contributed by atoms with E-state index in [0.717, 1.165) is 16.9 Å². The molecule has 34 heavy (non-hydrogen) atoms. The molecule has 0 saturated carbocycles. The highest BCUT2D eigenvalue weighted by Gasteiger charge is 2.30. The van der Waals surface area contributed by atoms with E-state index in [1.807, 2.05) is 6.07 Å². The second-order valence-electron chi connectivity index (χ2n) is 7.14. The number of carbonyl (C=O) groups is 2. The lowest BCUT2D eigenvalue weighted by Crippen LogP contribution is -2.22. The third-order valence-corrected chi connectivity index (χ3v) is 4.66. The van der Waals surface area contributed by atoms with Crippen LogP contribution in [0.25, 0.3) is 11.4 Å². The molecule has 1 aromatic heterocycles. The first kappa shape index (κ1) is 22.6. The molecule has 0 bridgehead atoms. The van der Waals surface area contributed by atoms with Crippen LogP contribution in [0.4, 0.5) is 24.5 Å². The lowest BCUT2D eigenvalue weighted by molar-refractivity contribution is -0.137. The summed E-state index contributed by atoms with van der Waals surface area (Å²) in [4.78, 5) is 26.1. The predicted molar refractivity (Wildman–Crippen MR) is 118 cm³/mol. The van der Waals surface area contributed by atoms with Crippen molar-refractivity contribution in [3.63, 3.8) is 0 Å². The number of hydrogen-bond acceptors (Lipinski definition) is 5. The highest BCUT2D eigenvalue weighted by atomic mass is 19.4. The van der Waals surface area contributed by atoms with E-state index in [1.165, 1.54) is 12.1 Å². The number of benzene rings is 3. The van der Waals surface area contributed by atoms with E-state index in [-0.39, 0.29) is 29.2 Å². The van der Waals surface area contributed by atoms with Crippen molar-refractivity contribution in [1.82, 2.24) is 20.2 Å². The molecule has 0 aliphatic carbocycles. The molecule has 8 nitrogen and oxygen atoms in total. The molecule has 11 heteroatoms. The number of amides is 2. The zero-order valence-electron chi connectivity index (χ0n) is 17.5. The van der Waals surface area contributed by atoms with E-state index in [0.29, 0.717) is 5.69 Å². The van der Waals surface area contributed by atoms with E-state index in [4.69, 9.17) is 0 Å². The van der Waals surface area contributed by atoms with Crippen molar-refractivity contribution in [3.05, 3.63) is 90.0 Å². The molecule has 0 fully saturated rings. The standard InChI is InChI=1S/C23H17F3N6O2/c24-23(25,26)16-8-6-7-15(13-16)21-29-31-32(30-21)14-20(33)28-19-12-5-4-11-18(19)22(34)27-17-9-2-1-3-10-17/h1-13H,14H2,(H,27,34)(H,28,33). The van der Waals surface area contributed by atoms with Crippen molar-refractivity contribution < 1.29 is 22.8 Å². The topological polar surface area (TPSA) is 102 Å². The Bertz CT molecular complexity index is 1320. The summed E-state index contributed by atoms with van der Waals surface area (Å²) >= 11 is 0.